The summed E-state index contributed by atoms with van der Waals surface area (Å²) in [6, 6.07) is 6.71. The van der Waals surface area contributed by atoms with Crippen LogP contribution in [0.5, 0.6) is 0 Å². The number of urea groups is 1. The number of hydrogen-bond acceptors (Lipinski definition) is 8. The van der Waals surface area contributed by atoms with E-state index in [4.69, 9.17) is 14.2 Å². The van der Waals surface area contributed by atoms with E-state index in [1.54, 1.807) is 51.1 Å². The fourth-order valence-electron chi connectivity index (χ4n) is 3.61. The molecule has 0 aliphatic carbocycles. The minimum atomic E-state index is -1.63. The third kappa shape index (κ3) is 6.09. The first-order chi connectivity index (χ1) is 15.4. The fourth-order valence-corrected chi connectivity index (χ4v) is 3.61. The fraction of sp³-hybridized carbons (Fsp3) is 0.522. The lowest BCUT2D eigenvalue weighted by Crippen LogP contribution is -2.52. The lowest BCUT2D eigenvalue weighted by atomic mass is 9.85. The van der Waals surface area contributed by atoms with Crippen LogP contribution in [-0.4, -0.2) is 79.1 Å². The number of rotatable bonds is 7. The molecule has 0 N–H and O–H groups in total. The average Bonchev–Trinajstić information content (AvgIpc) is 3.06. The van der Waals surface area contributed by atoms with E-state index in [2.05, 4.69) is 0 Å². The first kappa shape index (κ1) is 25.8. The largest absolute Gasteiger partial charge is 0.468 e. The molecule has 0 unspecified atom stereocenters. The lowest BCUT2D eigenvalue weighted by Gasteiger charge is -2.29. The van der Waals surface area contributed by atoms with Crippen molar-refractivity contribution >= 4 is 29.8 Å². The zero-order chi connectivity index (χ0) is 24.9. The van der Waals surface area contributed by atoms with Gasteiger partial charge in [0.05, 0.1) is 26.7 Å². The molecule has 0 bridgehead atoms. The van der Waals surface area contributed by atoms with Crippen LogP contribution in [0.25, 0.3) is 0 Å². The van der Waals surface area contributed by atoms with Crippen LogP contribution in [0.15, 0.2) is 30.3 Å². The number of benzene rings is 1. The molecule has 10 nitrogen and oxygen atoms in total. The van der Waals surface area contributed by atoms with Gasteiger partial charge in [0.15, 0.2) is 12.0 Å². The van der Waals surface area contributed by atoms with E-state index in [1.165, 1.54) is 11.9 Å². The molecular formula is C23H30N2O8. The lowest BCUT2D eigenvalue weighted by molar-refractivity contribution is -0.167. The Kier molecular flexibility index (Phi) is 8.18. The summed E-state index contributed by atoms with van der Waals surface area (Å²) in [5.74, 6) is -6.59. The summed E-state index contributed by atoms with van der Waals surface area (Å²) in [6.07, 6.45) is -0.0664. The first-order valence-corrected chi connectivity index (χ1v) is 10.4. The SMILES string of the molecule is COC(=O)C(C(=O)OC)[C@H](Cc1ccccc1)C(=O)N1C(=O)N(C)C[C@H]1C(=O)OC(C)(C)C. The van der Waals surface area contributed by atoms with Gasteiger partial charge in [0, 0.05) is 7.05 Å². The molecule has 1 heterocycles. The second-order valence-electron chi connectivity index (χ2n) is 8.74. The van der Waals surface area contributed by atoms with Gasteiger partial charge >= 0.3 is 23.9 Å². The van der Waals surface area contributed by atoms with E-state index in [-0.39, 0.29) is 13.0 Å². The number of hydrogen-bond donors (Lipinski definition) is 0. The van der Waals surface area contributed by atoms with Gasteiger partial charge in [-0.15, -0.1) is 0 Å². The number of amides is 3. The molecule has 33 heavy (non-hydrogen) atoms. The Labute approximate surface area is 192 Å². The van der Waals surface area contributed by atoms with Gasteiger partial charge in [0.1, 0.15) is 5.60 Å². The van der Waals surface area contributed by atoms with Gasteiger partial charge in [-0.2, -0.15) is 0 Å². The molecule has 180 valence electrons. The Morgan fingerprint density at radius 3 is 2.06 bits per heavy atom. The summed E-state index contributed by atoms with van der Waals surface area (Å²) in [6.45, 7) is 4.92. The van der Waals surface area contributed by atoms with Crippen molar-refractivity contribution in [3.8, 4) is 0 Å². The molecule has 1 aromatic carbocycles. The molecule has 2 rings (SSSR count). The summed E-state index contributed by atoms with van der Waals surface area (Å²) in [5, 5.41) is 0. The van der Waals surface area contributed by atoms with Crippen molar-refractivity contribution in [3.63, 3.8) is 0 Å². The number of imide groups is 1. The maximum Gasteiger partial charge on any atom is 0.331 e. The number of likely N-dealkylation sites (N-methyl/N-ethyl adjacent to an activating group) is 1. The van der Waals surface area contributed by atoms with Crippen LogP contribution in [0.4, 0.5) is 4.79 Å². The Balaban J connectivity index is 2.52. The zero-order valence-electron chi connectivity index (χ0n) is 19.7. The molecule has 1 saturated heterocycles. The number of methoxy groups -OCH3 is 2. The molecule has 1 aliphatic heterocycles. The third-order valence-electron chi connectivity index (χ3n) is 5.14. The second kappa shape index (κ2) is 10.5. The summed E-state index contributed by atoms with van der Waals surface area (Å²) in [4.78, 5) is 66.5. The van der Waals surface area contributed by atoms with E-state index in [0.717, 1.165) is 19.1 Å². The molecule has 0 spiro atoms. The Hall–Kier alpha value is -3.43. The van der Waals surface area contributed by atoms with Gasteiger partial charge in [-0.1, -0.05) is 30.3 Å². The Morgan fingerprint density at radius 2 is 1.58 bits per heavy atom. The zero-order valence-corrected chi connectivity index (χ0v) is 19.7. The highest BCUT2D eigenvalue weighted by Crippen LogP contribution is 2.28. The molecule has 0 aromatic heterocycles. The molecule has 1 aliphatic rings. The van der Waals surface area contributed by atoms with E-state index < -0.39 is 53.3 Å². The van der Waals surface area contributed by atoms with Crippen LogP contribution in [-0.2, 0) is 39.8 Å². The van der Waals surface area contributed by atoms with Crippen molar-refractivity contribution in [1.29, 1.82) is 0 Å². The number of ether oxygens (including phenoxy) is 3. The molecule has 0 radical (unpaired) electrons. The van der Waals surface area contributed by atoms with Crippen LogP contribution in [0.3, 0.4) is 0 Å². The van der Waals surface area contributed by atoms with Gasteiger partial charge in [-0.25, -0.2) is 14.5 Å². The summed E-state index contributed by atoms with van der Waals surface area (Å²) >= 11 is 0. The predicted octanol–water partition coefficient (Wildman–Crippen LogP) is 1.41. The van der Waals surface area contributed by atoms with Crippen LogP contribution >= 0.6 is 0 Å². The smallest absolute Gasteiger partial charge is 0.331 e. The van der Waals surface area contributed by atoms with Crippen LogP contribution < -0.4 is 0 Å². The highest BCUT2D eigenvalue weighted by atomic mass is 16.6. The number of carbonyl (C=O) groups excluding carboxylic acids is 5. The van der Waals surface area contributed by atoms with Crippen molar-refractivity contribution < 1.29 is 38.2 Å². The monoisotopic (exact) mass is 462 g/mol. The second-order valence-corrected chi connectivity index (χ2v) is 8.74. The predicted molar refractivity (Wildman–Crippen MR) is 116 cm³/mol. The van der Waals surface area contributed by atoms with Gasteiger partial charge in [0.25, 0.3) is 0 Å². The van der Waals surface area contributed by atoms with Crippen molar-refractivity contribution in [2.45, 2.75) is 38.8 Å². The van der Waals surface area contributed by atoms with Gasteiger partial charge < -0.3 is 19.1 Å². The minimum absolute atomic E-state index is 0.0664. The normalized spacial score (nSPS) is 17.1. The van der Waals surface area contributed by atoms with Crippen molar-refractivity contribution in [2.24, 2.45) is 11.8 Å². The summed E-state index contributed by atoms with van der Waals surface area (Å²) < 4.78 is 14.9. The minimum Gasteiger partial charge on any atom is -0.468 e. The number of esters is 3. The van der Waals surface area contributed by atoms with E-state index in [0.29, 0.717) is 5.56 Å². The topological polar surface area (TPSA) is 120 Å². The number of carbonyl (C=O) groups is 5. The Bertz CT molecular complexity index is 893. The summed E-state index contributed by atoms with van der Waals surface area (Å²) in [5.41, 5.74) is -0.206. The standard InChI is InChI=1S/C23H30N2O8/c1-23(2,3)33-19(27)16-13-24(4)22(30)25(16)18(26)15(12-14-10-8-7-9-11-14)17(20(28)31-5)21(29)32-6/h7-11,15-17H,12-13H2,1-6H3/t15-,16-/m0/s1. The van der Waals surface area contributed by atoms with Crippen LogP contribution in [0, 0.1) is 11.8 Å². The third-order valence-corrected chi connectivity index (χ3v) is 5.14. The van der Waals surface area contributed by atoms with Gasteiger partial charge in [0.2, 0.25) is 5.91 Å². The molecule has 2 atom stereocenters. The molecule has 10 heteroatoms. The van der Waals surface area contributed by atoms with Crippen molar-refractivity contribution in [1.82, 2.24) is 9.80 Å². The maximum absolute atomic E-state index is 13.7. The highest BCUT2D eigenvalue weighted by Gasteiger charge is 2.51. The van der Waals surface area contributed by atoms with E-state index >= 15 is 0 Å². The molecule has 3 amide bonds. The van der Waals surface area contributed by atoms with Gasteiger partial charge in [-0.05, 0) is 32.8 Å². The van der Waals surface area contributed by atoms with Crippen LogP contribution in [0.2, 0.25) is 0 Å². The maximum atomic E-state index is 13.7. The molecule has 1 aromatic rings. The van der Waals surface area contributed by atoms with Crippen molar-refractivity contribution in [3.05, 3.63) is 35.9 Å². The molecule has 0 saturated carbocycles. The average molecular weight is 462 g/mol. The number of nitrogens with zero attached hydrogens (tertiary/aromatic N) is 2. The van der Waals surface area contributed by atoms with Crippen LogP contribution in [0.1, 0.15) is 26.3 Å². The molecule has 1 fully saturated rings. The van der Waals surface area contributed by atoms with E-state index in [1.807, 2.05) is 0 Å². The highest BCUT2D eigenvalue weighted by molar-refractivity contribution is 6.06. The molecular weight excluding hydrogens is 432 g/mol. The van der Waals surface area contributed by atoms with E-state index in [9.17, 15) is 24.0 Å². The Morgan fingerprint density at radius 1 is 1.03 bits per heavy atom. The summed E-state index contributed by atoms with van der Waals surface area (Å²) in [7, 11) is 3.61. The quantitative estimate of drug-likeness (QED) is 0.339. The van der Waals surface area contributed by atoms with Gasteiger partial charge in [-0.3, -0.25) is 14.4 Å². The first-order valence-electron chi connectivity index (χ1n) is 10.4. The van der Waals surface area contributed by atoms with Crippen molar-refractivity contribution in [2.75, 3.05) is 27.8 Å².